The molecule has 1 amide bonds. The van der Waals surface area contributed by atoms with Gasteiger partial charge in [0, 0.05) is 28.2 Å². The summed E-state index contributed by atoms with van der Waals surface area (Å²) in [7, 11) is 0. The Labute approximate surface area is 147 Å². The first-order chi connectivity index (χ1) is 12.2. The zero-order valence-corrected chi connectivity index (χ0v) is 14.0. The van der Waals surface area contributed by atoms with E-state index in [1.165, 1.54) is 17.4 Å². The first kappa shape index (κ1) is 15.5. The van der Waals surface area contributed by atoms with E-state index in [-0.39, 0.29) is 11.7 Å². The number of aromatic nitrogens is 2. The predicted octanol–water partition coefficient (Wildman–Crippen LogP) is 4.54. The molecule has 6 heteroatoms. The Morgan fingerprint density at radius 1 is 1.16 bits per heavy atom. The van der Waals surface area contributed by atoms with Crippen LogP contribution >= 0.6 is 11.3 Å². The normalized spacial score (nSPS) is 10.9. The molecule has 0 aliphatic carbocycles. The second-order valence-electron chi connectivity index (χ2n) is 5.58. The molecule has 0 aliphatic rings. The van der Waals surface area contributed by atoms with E-state index in [9.17, 15) is 9.18 Å². The zero-order valence-electron chi connectivity index (χ0n) is 13.1. The van der Waals surface area contributed by atoms with Crippen molar-refractivity contribution >= 4 is 33.0 Å². The van der Waals surface area contributed by atoms with Gasteiger partial charge in [-0.05, 0) is 35.9 Å². The second kappa shape index (κ2) is 6.49. The van der Waals surface area contributed by atoms with Gasteiger partial charge in [-0.1, -0.05) is 24.3 Å². The number of carbonyl (C=O) groups excluding carboxylic acids is 1. The van der Waals surface area contributed by atoms with Crippen LogP contribution in [0.5, 0.6) is 0 Å². The van der Waals surface area contributed by atoms with Crippen LogP contribution in [-0.4, -0.2) is 15.7 Å². The average Bonchev–Trinajstić information content (AvgIpc) is 3.26. The molecule has 124 valence electrons. The van der Waals surface area contributed by atoms with E-state index in [2.05, 4.69) is 10.4 Å². The number of hydrogen-bond acceptors (Lipinski definition) is 3. The molecule has 0 unspecified atom stereocenters. The third-order valence-electron chi connectivity index (χ3n) is 3.89. The number of benzene rings is 2. The van der Waals surface area contributed by atoms with Gasteiger partial charge in [-0.15, -0.1) is 11.3 Å². The summed E-state index contributed by atoms with van der Waals surface area (Å²) >= 11 is 1.28. The third kappa shape index (κ3) is 3.16. The molecular weight excluding hydrogens is 337 g/mol. The van der Waals surface area contributed by atoms with Crippen molar-refractivity contribution in [1.29, 1.82) is 0 Å². The van der Waals surface area contributed by atoms with Crippen molar-refractivity contribution in [2.45, 2.75) is 6.54 Å². The van der Waals surface area contributed by atoms with Gasteiger partial charge in [0.15, 0.2) is 0 Å². The molecule has 4 nitrogen and oxygen atoms in total. The van der Waals surface area contributed by atoms with Crippen molar-refractivity contribution in [3.63, 3.8) is 0 Å². The van der Waals surface area contributed by atoms with Crippen LogP contribution in [0.2, 0.25) is 0 Å². The van der Waals surface area contributed by atoms with Crippen molar-refractivity contribution < 1.29 is 9.18 Å². The lowest BCUT2D eigenvalue weighted by Crippen LogP contribution is -2.13. The second-order valence-corrected chi connectivity index (χ2v) is 6.66. The molecule has 2 aromatic carbocycles. The van der Waals surface area contributed by atoms with Crippen LogP contribution in [-0.2, 0) is 6.54 Å². The number of amides is 1. The van der Waals surface area contributed by atoms with Crippen LogP contribution in [0.15, 0.2) is 67.0 Å². The Morgan fingerprint density at radius 3 is 2.84 bits per heavy atom. The predicted molar refractivity (Wildman–Crippen MR) is 97.5 cm³/mol. The van der Waals surface area contributed by atoms with Gasteiger partial charge in [-0.3, -0.25) is 9.48 Å². The minimum Gasteiger partial charge on any atom is -0.321 e. The molecule has 0 bridgehead atoms. The number of anilines is 1. The first-order valence-corrected chi connectivity index (χ1v) is 8.57. The highest BCUT2D eigenvalue weighted by Crippen LogP contribution is 2.28. The van der Waals surface area contributed by atoms with E-state index < -0.39 is 0 Å². The standard InChI is InChI=1S/C19H14FN3OS/c20-15-6-3-8-17-14(15)11-18(25-17)19(24)22-16-7-2-1-5-13(16)12-23-10-4-9-21-23/h1-11H,12H2,(H,22,24). The number of thiophene rings is 1. The first-order valence-electron chi connectivity index (χ1n) is 7.75. The Balaban J connectivity index is 1.61. The van der Waals surface area contributed by atoms with Crippen LogP contribution < -0.4 is 5.32 Å². The van der Waals surface area contributed by atoms with Crippen molar-refractivity contribution in [2.24, 2.45) is 0 Å². The highest BCUT2D eigenvalue weighted by Gasteiger charge is 2.14. The molecule has 4 aromatic rings. The quantitative estimate of drug-likeness (QED) is 0.587. The fourth-order valence-electron chi connectivity index (χ4n) is 2.67. The largest absolute Gasteiger partial charge is 0.321 e. The fraction of sp³-hybridized carbons (Fsp3) is 0.0526. The van der Waals surface area contributed by atoms with Gasteiger partial charge in [-0.2, -0.15) is 5.10 Å². The maximum Gasteiger partial charge on any atom is 0.265 e. The Kier molecular flexibility index (Phi) is 4.03. The van der Waals surface area contributed by atoms with E-state index in [1.807, 2.05) is 42.6 Å². The van der Waals surface area contributed by atoms with E-state index in [0.29, 0.717) is 16.8 Å². The SMILES string of the molecule is O=C(Nc1ccccc1Cn1cccn1)c1cc2c(F)cccc2s1. The molecule has 0 saturated carbocycles. The summed E-state index contributed by atoms with van der Waals surface area (Å²) < 4.78 is 16.4. The lowest BCUT2D eigenvalue weighted by atomic mass is 10.1. The van der Waals surface area contributed by atoms with Gasteiger partial charge in [0.2, 0.25) is 0 Å². The summed E-state index contributed by atoms with van der Waals surface area (Å²) in [5.41, 5.74) is 1.67. The monoisotopic (exact) mass is 351 g/mol. The summed E-state index contributed by atoms with van der Waals surface area (Å²) in [6, 6.07) is 15.9. The molecule has 0 radical (unpaired) electrons. The van der Waals surface area contributed by atoms with Crippen LogP contribution in [0.25, 0.3) is 10.1 Å². The van der Waals surface area contributed by atoms with Crippen LogP contribution in [0.1, 0.15) is 15.2 Å². The fourth-order valence-corrected chi connectivity index (χ4v) is 3.64. The van der Waals surface area contributed by atoms with Gasteiger partial charge < -0.3 is 5.32 Å². The summed E-state index contributed by atoms with van der Waals surface area (Å²) in [4.78, 5) is 13.1. The van der Waals surface area contributed by atoms with Crippen molar-refractivity contribution in [3.8, 4) is 0 Å². The summed E-state index contributed by atoms with van der Waals surface area (Å²) in [5, 5.41) is 7.59. The van der Waals surface area contributed by atoms with Gasteiger partial charge in [-0.25, -0.2) is 4.39 Å². The molecule has 4 rings (SSSR count). The Morgan fingerprint density at radius 2 is 2.04 bits per heavy atom. The summed E-state index contributed by atoms with van der Waals surface area (Å²) in [5.74, 6) is -0.555. The van der Waals surface area contributed by atoms with Crippen LogP contribution in [0, 0.1) is 5.82 Å². The number of carbonyl (C=O) groups is 1. The highest BCUT2D eigenvalue weighted by molar-refractivity contribution is 7.20. The number of nitrogens with one attached hydrogen (secondary N) is 1. The molecule has 2 heterocycles. The Hall–Kier alpha value is -2.99. The number of fused-ring (bicyclic) bond motifs is 1. The molecule has 2 aromatic heterocycles. The molecule has 0 aliphatic heterocycles. The maximum atomic E-state index is 13.8. The lowest BCUT2D eigenvalue weighted by Gasteiger charge is -2.10. The minimum atomic E-state index is -0.313. The molecule has 25 heavy (non-hydrogen) atoms. The topological polar surface area (TPSA) is 46.9 Å². The van der Waals surface area contributed by atoms with Gasteiger partial charge in [0.05, 0.1) is 11.4 Å². The van der Waals surface area contributed by atoms with Crippen LogP contribution in [0.4, 0.5) is 10.1 Å². The van der Waals surface area contributed by atoms with Crippen molar-refractivity contribution in [3.05, 3.63) is 83.2 Å². The summed E-state index contributed by atoms with van der Waals surface area (Å²) in [6.45, 7) is 0.560. The number of halogens is 1. The third-order valence-corrected chi connectivity index (χ3v) is 4.99. The van der Waals surface area contributed by atoms with E-state index in [4.69, 9.17) is 0 Å². The molecule has 0 atom stereocenters. The zero-order chi connectivity index (χ0) is 17.2. The molecule has 0 fully saturated rings. The van der Waals surface area contributed by atoms with Crippen LogP contribution in [0.3, 0.4) is 0 Å². The number of nitrogens with zero attached hydrogens (tertiary/aromatic N) is 2. The summed E-state index contributed by atoms with van der Waals surface area (Å²) in [6.07, 6.45) is 3.58. The maximum absolute atomic E-state index is 13.8. The van der Waals surface area contributed by atoms with E-state index in [1.54, 1.807) is 23.0 Å². The average molecular weight is 351 g/mol. The van der Waals surface area contributed by atoms with E-state index >= 15 is 0 Å². The van der Waals surface area contributed by atoms with Gasteiger partial charge in [0.25, 0.3) is 5.91 Å². The van der Waals surface area contributed by atoms with Gasteiger partial charge in [0.1, 0.15) is 5.82 Å². The van der Waals surface area contributed by atoms with Crippen molar-refractivity contribution in [1.82, 2.24) is 9.78 Å². The molecule has 0 saturated heterocycles. The molecular formula is C19H14FN3OS. The van der Waals surface area contributed by atoms with Gasteiger partial charge >= 0.3 is 0 Å². The van der Waals surface area contributed by atoms with E-state index in [0.717, 1.165) is 16.0 Å². The molecule has 1 N–H and O–H groups in total. The number of hydrogen-bond donors (Lipinski definition) is 1. The minimum absolute atomic E-state index is 0.242. The number of rotatable bonds is 4. The highest BCUT2D eigenvalue weighted by atomic mass is 32.1. The number of para-hydroxylation sites is 1. The lowest BCUT2D eigenvalue weighted by molar-refractivity contribution is 0.103. The Bertz CT molecular complexity index is 1040. The van der Waals surface area contributed by atoms with Crippen molar-refractivity contribution in [2.75, 3.05) is 5.32 Å². The smallest absolute Gasteiger partial charge is 0.265 e. The molecule has 0 spiro atoms.